The molecule has 1 fully saturated rings. The van der Waals surface area contributed by atoms with E-state index in [1.807, 2.05) is 18.2 Å². The van der Waals surface area contributed by atoms with Crippen molar-refractivity contribution < 1.29 is 4.21 Å². The predicted molar refractivity (Wildman–Crippen MR) is 67.4 cm³/mol. The maximum atomic E-state index is 12.3. The van der Waals surface area contributed by atoms with Gasteiger partial charge < -0.3 is 0 Å². The second-order valence-corrected chi connectivity index (χ2v) is 6.49. The van der Waals surface area contributed by atoms with Gasteiger partial charge in [0.1, 0.15) is 0 Å². The van der Waals surface area contributed by atoms with Crippen LogP contribution in [0.4, 0.5) is 0 Å². The van der Waals surface area contributed by atoms with Gasteiger partial charge in [0, 0.05) is 21.8 Å². The van der Waals surface area contributed by atoms with E-state index in [1.54, 1.807) is 0 Å². The third-order valence-electron chi connectivity index (χ3n) is 3.71. The first-order valence-electron chi connectivity index (χ1n) is 5.92. The Morgan fingerprint density at radius 3 is 2.56 bits per heavy atom. The van der Waals surface area contributed by atoms with Crippen LogP contribution >= 0.6 is 0 Å². The highest BCUT2D eigenvalue weighted by Gasteiger charge is 2.38. The Kier molecular flexibility index (Phi) is 2.68. The third-order valence-corrected chi connectivity index (χ3v) is 5.54. The standard InChI is InChI=1S/C14H16OS/c15-16(10-11-4-2-1-3-5-11)14-9-12-6-7-13(14)8-12/h1-7,12-14H,8-10H2/t12-,13+,14-,16?/m0/s1. The molecular formula is C14H16OS. The minimum atomic E-state index is -0.697. The Morgan fingerprint density at radius 1 is 1.12 bits per heavy atom. The van der Waals surface area contributed by atoms with Gasteiger partial charge in [-0.05, 0) is 30.2 Å². The zero-order valence-electron chi connectivity index (χ0n) is 9.21. The van der Waals surface area contributed by atoms with E-state index in [0.717, 1.165) is 18.1 Å². The average Bonchev–Trinajstić information content (AvgIpc) is 2.92. The van der Waals surface area contributed by atoms with Crippen molar-refractivity contribution in [3.8, 4) is 0 Å². The summed E-state index contributed by atoms with van der Waals surface area (Å²) in [6.07, 6.45) is 6.97. The number of allylic oxidation sites excluding steroid dienone is 2. The van der Waals surface area contributed by atoms with Gasteiger partial charge in [-0.15, -0.1) is 0 Å². The van der Waals surface area contributed by atoms with Crippen molar-refractivity contribution in [1.29, 1.82) is 0 Å². The molecule has 1 aromatic rings. The van der Waals surface area contributed by atoms with Crippen molar-refractivity contribution >= 4 is 10.8 Å². The molecule has 4 atom stereocenters. The van der Waals surface area contributed by atoms with Gasteiger partial charge in [-0.2, -0.15) is 0 Å². The molecule has 2 heteroatoms. The van der Waals surface area contributed by atoms with Crippen molar-refractivity contribution in [2.75, 3.05) is 0 Å². The van der Waals surface area contributed by atoms with Crippen LogP contribution in [0, 0.1) is 11.8 Å². The normalized spacial score (nSPS) is 33.1. The summed E-state index contributed by atoms with van der Waals surface area (Å²) < 4.78 is 12.3. The monoisotopic (exact) mass is 232 g/mol. The van der Waals surface area contributed by atoms with Crippen LogP contribution in [0.2, 0.25) is 0 Å². The maximum Gasteiger partial charge on any atom is 0.0488 e. The van der Waals surface area contributed by atoms with Crippen LogP contribution in [0.15, 0.2) is 42.5 Å². The number of fused-ring (bicyclic) bond motifs is 2. The van der Waals surface area contributed by atoms with E-state index in [-0.39, 0.29) is 0 Å². The average molecular weight is 232 g/mol. The smallest absolute Gasteiger partial charge is 0.0488 e. The molecule has 1 saturated carbocycles. The number of hydrogen-bond donors (Lipinski definition) is 0. The largest absolute Gasteiger partial charge is 0.259 e. The summed E-state index contributed by atoms with van der Waals surface area (Å²) in [5, 5.41) is 0.412. The number of rotatable bonds is 3. The Labute approximate surface area is 99.0 Å². The Hall–Kier alpha value is -0.890. The molecule has 84 valence electrons. The lowest BCUT2D eigenvalue weighted by Gasteiger charge is -2.17. The van der Waals surface area contributed by atoms with Crippen LogP contribution in [0.1, 0.15) is 18.4 Å². The van der Waals surface area contributed by atoms with E-state index < -0.39 is 10.8 Å². The van der Waals surface area contributed by atoms with Gasteiger partial charge in [0.25, 0.3) is 0 Å². The number of hydrogen-bond acceptors (Lipinski definition) is 1. The van der Waals surface area contributed by atoms with Crippen molar-refractivity contribution in [3.63, 3.8) is 0 Å². The van der Waals surface area contributed by atoms with Crippen LogP contribution in [-0.4, -0.2) is 9.46 Å². The SMILES string of the molecule is O=S(Cc1ccccc1)[C@H]1C[C@H]2C=C[C@@H]1C2. The molecule has 2 aliphatic carbocycles. The molecule has 0 aliphatic heterocycles. The van der Waals surface area contributed by atoms with Crippen LogP contribution in [0.25, 0.3) is 0 Å². The highest BCUT2D eigenvalue weighted by Crippen LogP contribution is 2.42. The van der Waals surface area contributed by atoms with Crippen LogP contribution in [0.5, 0.6) is 0 Å². The minimum Gasteiger partial charge on any atom is -0.259 e. The Morgan fingerprint density at radius 2 is 1.94 bits per heavy atom. The van der Waals surface area contributed by atoms with Gasteiger partial charge >= 0.3 is 0 Å². The minimum absolute atomic E-state index is 0.412. The second kappa shape index (κ2) is 4.17. The summed E-state index contributed by atoms with van der Waals surface area (Å²) >= 11 is 0. The van der Waals surface area contributed by atoms with Gasteiger partial charge in [0.15, 0.2) is 0 Å². The third kappa shape index (κ3) is 1.86. The van der Waals surface area contributed by atoms with Gasteiger partial charge in [-0.3, -0.25) is 4.21 Å². The fourth-order valence-electron chi connectivity index (χ4n) is 2.88. The van der Waals surface area contributed by atoms with Crippen LogP contribution < -0.4 is 0 Å². The molecule has 16 heavy (non-hydrogen) atoms. The van der Waals surface area contributed by atoms with Crippen molar-refractivity contribution in [3.05, 3.63) is 48.0 Å². The Bertz CT molecular complexity index is 424. The van der Waals surface area contributed by atoms with Crippen molar-refractivity contribution in [2.24, 2.45) is 11.8 Å². The van der Waals surface area contributed by atoms with Gasteiger partial charge in [-0.1, -0.05) is 42.5 Å². The molecule has 0 aromatic heterocycles. The van der Waals surface area contributed by atoms with Crippen molar-refractivity contribution in [2.45, 2.75) is 23.8 Å². The zero-order chi connectivity index (χ0) is 11.0. The van der Waals surface area contributed by atoms with E-state index in [4.69, 9.17) is 0 Å². The fourth-order valence-corrected chi connectivity index (χ4v) is 4.67. The predicted octanol–water partition coefficient (Wildman–Crippen LogP) is 2.90. The molecule has 2 aliphatic rings. The summed E-state index contributed by atoms with van der Waals surface area (Å²) in [6.45, 7) is 0. The van der Waals surface area contributed by atoms with Gasteiger partial charge in [-0.25, -0.2) is 0 Å². The second-order valence-electron chi connectivity index (χ2n) is 4.83. The quantitative estimate of drug-likeness (QED) is 0.732. The van der Waals surface area contributed by atoms with Gasteiger partial charge in [0.05, 0.1) is 0 Å². The van der Waals surface area contributed by atoms with Crippen LogP contribution in [0.3, 0.4) is 0 Å². The zero-order valence-corrected chi connectivity index (χ0v) is 10.0. The number of benzene rings is 1. The van der Waals surface area contributed by atoms with E-state index in [0.29, 0.717) is 11.2 Å². The molecule has 1 unspecified atom stereocenters. The summed E-state index contributed by atoms with van der Waals surface area (Å²) in [7, 11) is -0.697. The van der Waals surface area contributed by atoms with Crippen molar-refractivity contribution in [1.82, 2.24) is 0 Å². The topological polar surface area (TPSA) is 17.1 Å². The van der Waals surface area contributed by atoms with E-state index in [9.17, 15) is 4.21 Å². The summed E-state index contributed by atoms with van der Waals surface area (Å²) in [5.41, 5.74) is 1.20. The first kappa shape index (κ1) is 10.3. The molecular weight excluding hydrogens is 216 g/mol. The first-order chi connectivity index (χ1) is 7.83. The lowest BCUT2D eigenvalue weighted by Crippen LogP contribution is -2.21. The molecule has 0 heterocycles. The summed E-state index contributed by atoms with van der Waals surface area (Å²) in [5.74, 6) is 2.03. The Balaban J connectivity index is 1.69. The molecule has 3 rings (SSSR count). The van der Waals surface area contributed by atoms with E-state index in [1.165, 1.54) is 12.0 Å². The highest BCUT2D eigenvalue weighted by atomic mass is 32.2. The fraction of sp³-hybridized carbons (Fsp3) is 0.429. The van der Waals surface area contributed by atoms with E-state index >= 15 is 0 Å². The van der Waals surface area contributed by atoms with E-state index in [2.05, 4.69) is 24.3 Å². The lowest BCUT2D eigenvalue weighted by atomic mass is 10.1. The summed E-state index contributed by atoms with van der Waals surface area (Å²) in [6, 6.07) is 10.2. The first-order valence-corrected chi connectivity index (χ1v) is 7.30. The highest BCUT2D eigenvalue weighted by molar-refractivity contribution is 7.84. The van der Waals surface area contributed by atoms with Crippen LogP contribution in [-0.2, 0) is 16.6 Å². The molecule has 0 N–H and O–H groups in total. The molecule has 2 bridgehead atoms. The maximum absolute atomic E-state index is 12.3. The lowest BCUT2D eigenvalue weighted by molar-refractivity contribution is 0.640. The molecule has 0 amide bonds. The molecule has 1 aromatic carbocycles. The molecule has 0 radical (unpaired) electrons. The van der Waals surface area contributed by atoms with Gasteiger partial charge in [0.2, 0.25) is 0 Å². The molecule has 0 saturated heterocycles. The summed E-state index contributed by atoms with van der Waals surface area (Å²) in [4.78, 5) is 0. The molecule has 1 nitrogen and oxygen atoms in total. The molecule has 0 spiro atoms.